The molecule has 0 aliphatic carbocycles. The van der Waals surface area contributed by atoms with E-state index >= 15 is 0 Å². The lowest BCUT2D eigenvalue weighted by Gasteiger charge is -2.33. The molecule has 0 aromatic heterocycles. The van der Waals surface area contributed by atoms with Gasteiger partial charge in [-0.3, -0.25) is 13.9 Å². The summed E-state index contributed by atoms with van der Waals surface area (Å²) in [6, 6.07) is 20.0. The van der Waals surface area contributed by atoms with Crippen molar-refractivity contribution in [1.29, 1.82) is 0 Å². The molecule has 42 heavy (non-hydrogen) atoms. The molecule has 0 bridgehead atoms. The molecular formula is C33H43N3O5S. The van der Waals surface area contributed by atoms with Gasteiger partial charge in [0.15, 0.2) is 0 Å². The lowest BCUT2D eigenvalue weighted by atomic mass is 10.1. The molecular weight excluding hydrogens is 550 g/mol. The number of sulfonamides is 1. The van der Waals surface area contributed by atoms with Gasteiger partial charge in [0.25, 0.3) is 10.0 Å². The smallest absolute Gasteiger partial charge is 0.264 e. The van der Waals surface area contributed by atoms with Gasteiger partial charge in [-0.2, -0.15) is 0 Å². The van der Waals surface area contributed by atoms with Gasteiger partial charge in [-0.05, 0) is 82.5 Å². The Morgan fingerprint density at radius 2 is 1.55 bits per heavy atom. The van der Waals surface area contributed by atoms with Crippen LogP contribution in [0.1, 0.15) is 57.2 Å². The molecule has 2 amide bonds. The Balaban J connectivity index is 2.06. The molecule has 8 nitrogen and oxygen atoms in total. The molecule has 0 fully saturated rings. The lowest BCUT2D eigenvalue weighted by Crippen LogP contribution is -2.53. The van der Waals surface area contributed by atoms with Gasteiger partial charge in [0, 0.05) is 12.6 Å². The Labute approximate surface area is 250 Å². The number of rotatable bonds is 14. The number of ether oxygens (including phenoxy) is 1. The molecule has 9 heteroatoms. The van der Waals surface area contributed by atoms with Crippen molar-refractivity contribution in [2.45, 2.75) is 77.9 Å². The van der Waals surface area contributed by atoms with Crippen molar-refractivity contribution in [2.75, 3.05) is 17.5 Å². The number of carbonyl (C=O) groups excluding carboxylic acids is 2. The second-order valence-corrected chi connectivity index (χ2v) is 12.4. The molecule has 0 aliphatic heterocycles. The minimum atomic E-state index is -4.14. The van der Waals surface area contributed by atoms with Gasteiger partial charge in [-0.15, -0.1) is 0 Å². The molecule has 1 N–H and O–H groups in total. The van der Waals surface area contributed by atoms with E-state index in [1.165, 1.54) is 17.0 Å². The topological polar surface area (TPSA) is 96.0 Å². The lowest BCUT2D eigenvalue weighted by molar-refractivity contribution is -0.140. The second kappa shape index (κ2) is 14.9. The number of benzene rings is 3. The number of amides is 2. The van der Waals surface area contributed by atoms with Crippen LogP contribution in [0.5, 0.6) is 5.75 Å². The molecule has 3 aromatic carbocycles. The summed E-state index contributed by atoms with van der Waals surface area (Å²) in [5.74, 6) is -0.150. The third kappa shape index (κ3) is 8.35. The maximum atomic E-state index is 14.2. The van der Waals surface area contributed by atoms with E-state index < -0.39 is 28.5 Å². The summed E-state index contributed by atoms with van der Waals surface area (Å²) in [6.45, 7) is 11.6. The highest BCUT2D eigenvalue weighted by Crippen LogP contribution is 2.27. The van der Waals surface area contributed by atoms with Gasteiger partial charge in [0.1, 0.15) is 18.3 Å². The molecule has 226 valence electrons. The summed E-state index contributed by atoms with van der Waals surface area (Å²) < 4.78 is 34.7. The number of hydrogen-bond acceptors (Lipinski definition) is 5. The Bertz CT molecular complexity index is 1440. The van der Waals surface area contributed by atoms with Crippen LogP contribution in [0.3, 0.4) is 0 Å². The minimum Gasteiger partial charge on any atom is -0.494 e. The predicted molar refractivity (Wildman–Crippen MR) is 167 cm³/mol. The van der Waals surface area contributed by atoms with Crippen molar-refractivity contribution in [3.8, 4) is 5.75 Å². The number of carbonyl (C=O) groups is 2. The highest BCUT2D eigenvalue weighted by atomic mass is 32.2. The Morgan fingerprint density at radius 3 is 2.12 bits per heavy atom. The van der Waals surface area contributed by atoms with E-state index in [-0.39, 0.29) is 23.4 Å². The monoisotopic (exact) mass is 593 g/mol. The Kier molecular flexibility index (Phi) is 11.6. The first kappa shape index (κ1) is 32.7. The molecule has 2 atom stereocenters. The molecule has 0 aliphatic rings. The number of anilines is 1. The average molecular weight is 594 g/mol. The van der Waals surface area contributed by atoms with Crippen molar-refractivity contribution >= 4 is 27.5 Å². The van der Waals surface area contributed by atoms with E-state index in [1.54, 1.807) is 36.4 Å². The standard InChI is InChI=1S/C33H43N3O5S/c1-7-26(6)34-33(38)31(8-2)35(22-27-12-10-11-25(5)21-27)32(37)23-36(28-15-17-29(18-16-28)41-9-3)42(39,40)30-19-13-24(4)14-20-30/h10-21,26,31H,7-9,22-23H2,1-6H3,(H,34,38)/t26-,31-/m0/s1. The van der Waals surface area contributed by atoms with Crippen molar-refractivity contribution in [3.63, 3.8) is 0 Å². The highest BCUT2D eigenvalue weighted by Gasteiger charge is 2.34. The van der Waals surface area contributed by atoms with Gasteiger partial charge in [0.2, 0.25) is 11.8 Å². The van der Waals surface area contributed by atoms with Gasteiger partial charge in [0.05, 0.1) is 17.2 Å². The first-order valence-corrected chi connectivity index (χ1v) is 15.9. The van der Waals surface area contributed by atoms with Gasteiger partial charge in [-0.1, -0.05) is 61.4 Å². The summed E-state index contributed by atoms with van der Waals surface area (Å²) in [6.07, 6.45) is 1.11. The minimum absolute atomic E-state index is 0.0651. The van der Waals surface area contributed by atoms with E-state index in [1.807, 2.05) is 65.8 Å². The highest BCUT2D eigenvalue weighted by molar-refractivity contribution is 7.92. The molecule has 0 saturated heterocycles. The molecule has 3 rings (SSSR count). The first-order valence-electron chi connectivity index (χ1n) is 14.5. The third-order valence-corrected chi connectivity index (χ3v) is 8.93. The quantitative estimate of drug-likeness (QED) is 0.262. The number of nitrogens with one attached hydrogen (secondary N) is 1. The number of hydrogen-bond donors (Lipinski definition) is 1. The second-order valence-electron chi connectivity index (χ2n) is 10.5. The number of nitrogens with zero attached hydrogens (tertiary/aromatic N) is 2. The fraction of sp³-hybridized carbons (Fsp3) is 0.394. The van der Waals surface area contributed by atoms with E-state index in [9.17, 15) is 18.0 Å². The van der Waals surface area contributed by atoms with E-state index in [0.717, 1.165) is 27.4 Å². The molecule has 0 radical (unpaired) electrons. The summed E-state index contributed by atoms with van der Waals surface area (Å²) >= 11 is 0. The van der Waals surface area contributed by atoms with E-state index in [0.29, 0.717) is 24.5 Å². The van der Waals surface area contributed by atoms with Crippen LogP contribution in [0.4, 0.5) is 5.69 Å². The van der Waals surface area contributed by atoms with Crippen molar-refractivity contribution < 1.29 is 22.7 Å². The molecule has 0 unspecified atom stereocenters. The van der Waals surface area contributed by atoms with E-state index in [2.05, 4.69) is 5.32 Å². The first-order chi connectivity index (χ1) is 20.0. The Morgan fingerprint density at radius 1 is 0.881 bits per heavy atom. The van der Waals surface area contributed by atoms with Crippen LogP contribution in [0.2, 0.25) is 0 Å². The van der Waals surface area contributed by atoms with Gasteiger partial charge in [-0.25, -0.2) is 8.42 Å². The van der Waals surface area contributed by atoms with Crippen LogP contribution in [0, 0.1) is 13.8 Å². The average Bonchev–Trinajstić information content (AvgIpc) is 2.96. The molecule has 3 aromatic rings. The number of aryl methyl sites for hydroxylation is 2. The summed E-state index contributed by atoms with van der Waals surface area (Å²) in [5.41, 5.74) is 3.11. The Hall–Kier alpha value is -3.85. The van der Waals surface area contributed by atoms with Crippen molar-refractivity contribution in [3.05, 3.63) is 89.5 Å². The van der Waals surface area contributed by atoms with Crippen LogP contribution >= 0.6 is 0 Å². The zero-order valence-electron chi connectivity index (χ0n) is 25.5. The fourth-order valence-corrected chi connectivity index (χ4v) is 6.02. The van der Waals surface area contributed by atoms with Crippen LogP contribution in [0.15, 0.2) is 77.7 Å². The summed E-state index contributed by atoms with van der Waals surface area (Å²) in [4.78, 5) is 29.2. The van der Waals surface area contributed by atoms with Crippen molar-refractivity contribution in [1.82, 2.24) is 10.2 Å². The summed E-state index contributed by atoms with van der Waals surface area (Å²) in [5, 5.41) is 3.00. The molecule has 0 saturated carbocycles. The zero-order chi connectivity index (χ0) is 30.9. The predicted octanol–water partition coefficient (Wildman–Crippen LogP) is 5.62. The fourth-order valence-electron chi connectivity index (χ4n) is 4.61. The maximum Gasteiger partial charge on any atom is 0.264 e. The summed E-state index contributed by atoms with van der Waals surface area (Å²) in [7, 11) is -4.14. The van der Waals surface area contributed by atoms with Crippen LogP contribution in [0.25, 0.3) is 0 Å². The van der Waals surface area contributed by atoms with Crippen LogP contribution in [-0.2, 0) is 26.2 Å². The van der Waals surface area contributed by atoms with Gasteiger partial charge >= 0.3 is 0 Å². The SMILES string of the molecule is CCOc1ccc(N(CC(=O)N(Cc2cccc(C)c2)[C@@H](CC)C(=O)N[C@@H](C)CC)S(=O)(=O)c2ccc(C)cc2)cc1. The van der Waals surface area contributed by atoms with Crippen LogP contribution < -0.4 is 14.4 Å². The van der Waals surface area contributed by atoms with Gasteiger partial charge < -0.3 is 15.0 Å². The molecule has 0 spiro atoms. The van der Waals surface area contributed by atoms with Crippen molar-refractivity contribution in [2.24, 2.45) is 0 Å². The normalized spacial score (nSPS) is 12.7. The van der Waals surface area contributed by atoms with E-state index in [4.69, 9.17) is 4.74 Å². The third-order valence-electron chi connectivity index (χ3n) is 7.15. The maximum absolute atomic E-state index is 14.2. The molecule has 0 heterocycles. The largest absolute Gasteiger partial charge is 0.494 e. The van der Waals surface area contributed by atoms with Crippen LogP contribution in [-0.4, -0.2) is 50.4 Å². The zero-order valence-corrected chi connectivity index (χ0v) is 26.3.